The van der Waals surface area contributed by atoms with Crippen molar-refractivity contribution in [1.82, 2.24) is 79.7 Å². The molecule has 16 bridgehead atoms. The van der Waals surface area contributed by atoms with Crippen LogP contribution in [0.25, 0.3) is 179 Å². The molecule has 8 aromatic carbocycles. The summed E-state index contributed by atoms with van der Waals surface area (Å²) in [6.07, 6.45) is 0. The van der Waals surface area contributed by atoms with Gasteiger partial charge in [-0.15, -0.1) is 0 Å². The molecule has 16 heteroatoms. The summed E-state index contributed by atoms with van der Waals surface area (Å²) in [5.74, 6) is 4.81. The zero-order valence-electron chi connectivity index (χ0n) is 45.5. The van der Waals surface area contributed by atoms with Gasteiger partial charge >= 0.3 is 0 Å². The molecule has 14 aromatic rings. The Morgan fingerprint density at radius 3 is 0.560 bits per heavy atom. The Kier molecular flexibility index (Phi) is 10.1. The van der Waals surface area contributed by atoms with E-state index in [1.165, 1.54) is 22.3 Å². The number of fused-ring (bicyclic) bond motifs is 40. The highest BCUT2D eigenvalue weighted by Crippen LogP contribution is 2.41. The van der Waals surface area contributed by atoms with Gasteiger partial charge in [-0.05, 0) is 49.9 Å². The van der Waals surface area contributed by atoms with Crippen LogP contribution in [0.1, 0.15) is 22.3 Å². The Morgan fingerprint density at radius 2 is 0.357 bits per heavy atom. The summed E-state index contributed by atoms with van der Waals surface area (Å²) >= 11 is 0. The Morgan fingerprint density at radius 1 is 0.190 bits per heavy atom. The fraction of sp³-hybridized carbons (Fsp3) is 0.0588. The van der Waals surface area contributed by atoms with Gasteiger partial charge in [0.05, 0.1) is 0 Å². The van der Waals surface area contributed by atoms with Crippen molar-refractivity contribution in [2.24, 2.45) is 0 Å². The van der Waals surface area contributed by atoms with Gasteiger partial charge in [0.25, 0.3) is 0 Å². The van der Waals surface area contributed by atoms with Gasteiger partial charge in [-0.1, -0.05) is 170 Å². The van der Waals surface area contributed by atoms with Gasteiger partial charge < -0.3 is 19.9 Å². The first-order chi connectivity index (χ1) is 41.3. The third-order valence-electron chi connectivity index (χ3n) is 16.6. The molecule has 0 radical (unpaired) electrons. The molecule has 18 rings (SSSR count). The summed E-state index contributed by atoms with van der Waals surface area (Å²) in [5.41, 5.74) is 17.8. The van der Waals surface area contributed by atoms with Gasteiger partial charge in [0.2, 0.25) is 0 Å². The van der Waals surface area contributed by atoms with Crippen molar-refractivity contribution in [3.05, 3.63) is 192 Å². The number of nitrogens with zero attached hydrogens (tertiary/aromatic N) is 12. The maximum Gasteiger partial charge on any atom is 0.164 e. The minimum Gasteiger partial charge on any atom is -0.324 e. The van der Waals surface area contributed by atoms with Crippen LogP contribution in [-0.2, 0) is 0 Å². The van der Waals surface area contributed by atoms with Crippen LogP contribution in [0.4, 0.5) is 0 Å². The average Bonchev–Trinajstić information content (AvgIpc) is 3.50. The van der Waals surface area contributed by atoms with Gasteiger partial charge in [-0.2, -0.15) is 0 Å². The molecule has 0 amide bonds. The Labute approximate surface area is 476 Å². The van der Waals surface area contributed by atoms with Crippen LogP contribution in [0, 0.1) is 27.7 Å². The smallest absolute Gasteiger partial charge is 0.164 e. The molecular weight excluding hydrogens is 1040 g/mol. The SMILES string of the molecule is Cc1c(C)c(C)c2c3nc4nc(nc5[nH]c(nc6nc(nc([nH]3)c2c1C)-c1ccccc1-6)c1ccccc51)-c1ccccc1-4.c1ccc2c(c1)-c1nc-2nc2[nH]c(nc3nc(nc4[nH]c(n1)c1ccccc41)-c1ccccc1-3)c1ccccc21. The first kappa shape index (κ1) is 47.3. The molecule has 0 unspecified atom stereocenters. The van der Waals surface area contributed by atoms with Crippen molar-refractivity contribution >= 4 is 88.3 Å². The number of hydrogen-bond donors (Lipinski definition) is 4. The van der Waals surface area contributed by atoms with Crippen LogP contribution in [0.2, 0.25) is 0 Å². The molecule has 84 heavy (non-hydrogen) atoms. The molecule has 396 valence electrons. The van der Waals surface area contributed by atoms with Gasteiger partial charge in [0, 0.05) is 87.6 Å². The van der Waals surface area contributed by atoms with Crippen molar-refractivity contribution < 1.29 is 0 Å². The van der Waals surface area contributed by atoms with Crippen molar-refractivity contribution in [2.75, 3.05) is 0 Å². The summed E-state index contributed by atoms with van der Waals surface area (Å²) in [5, 5.41) is 7.82. The highest BCUT2D eigenvalue weighted by atomic mass is 15.1. The van der Waals surface area contributed by atoms with Gasteiger partial charge in [0.1, 0.15) is 45.2 Å². The zero-order valence-corrected chi connectivity index (χ0v) is 45.5. The largest absolute Gasteiger partial charge is 0.324 e. The highest BCUT2D eigenvalue weighted by molar-refractivity contribution is 6.11. The number of rotatable bonds is 0. The van der Waals surface area contributed by atoms with Gasteiger partial charge in [-0.25, -0.2) is 59.8 Å². The lowest BCUT2D eigenvalue weighted by Crippen LogP contribution is -1.93. The lowest BCUT2D eigenvalue weighted by atomic mass is 9.94. The number of hydrogen-bond acceptors (Lipinski definition) is 12. The van der Waals surface area contributed by atoms with E-state index in [2.05, 4.69) is 47.6 Å². The number of aromatic amines is 4. The Bertz CT molecular complexity index is 5100. The maximum atomic E-state index is 5.19. The van der Waals surface area contributed by atoms with E-state index in [0.29, 0.717) is 80.5 Å². The lowest BCUT2D eigenvalue weighted by molar-refractivity contribution is 1.19. The second kappa shape index (κ2) is 18.0. The highest BCUT2D eigenvalue weighted by Gasteiger charge is 2.26. The molecule has 0 saturated carbocycles. The number of nitrogens with one attached hydrogen (secondary N) is 4. The van der Waals surface area contributed by atoms with Gasteiger partial charge in [0.15, 0.2) is 46.6 Å². The van der Waals surface area contributed by atoms with Crippen LogP contribution in [-0.4, -0.2) is 79.7 Å². The topological polar surface area (TPSA) is 218 Å². The van der Waals surface area contributed by atoms with Crippen molar-refractivity contribution in [1.29, 1.82) is 0 Å². The van der Waals surface area contributed by atoms with Crippen LogP contribution in [0.3, 0.4) is 0 Å². The predicted octanol–water partition coefficient (Wildman–Crippen LogP) is 15.0. The third kappa shape index (κ3) is 7.19. The van der Waals surface area contributed by atoms with Crippen LogP contribution in [0.15, 0.2) is 170 Å². The summed E-state index contributed by atoms with van der Waals surface area (Å²) < 4.78 is 0. The van der Waals surface area contributed by atoms with Gasteiger partial charge in [-0.3, -0.25) is 0 Å². The molecule has 10 heterocycles. The number of benzene rings is 8. The fourth-order valence-corrected chi connectivity index (χ4v) is 12.2. The Balaban J connectivity index is 0.000000133. The molecule has 0 atom stereocenters. The third-order valence-corrected chi connectivity index (χ3v) is 16.6. The van der Waals surface area contributed by atoms with E-state index in [0.717, 1.165) is 98.9 Å². The summed E-state index contributed by atoms with van der Waals surface area (Å²) in [6, 6.07) is 56.6. The molecule has 0 aliphatic carbocycles. The first-order valence-electron chi connectivity index (χ1n) is 27.7. The maximum absolute atomic E-state index is 5.19. The van der Waals surface area contributed by atoms with Crippen molar-refractivity contribution in [2.45, 2.75) is 27.7 Å². The number of H-pyrrole nitrogens is 4. The van der Waals surface area contributed by atoms with Crippen LogP contribution >= 0.6 is 0 Å². The van der Waals surface area contributed by atoms with E-state index in [1.807, 2.05) is 170 Å². The zero-order chi connectivity index (χ0) is 55.9. The monoisotopic (exact) mass is 1080 g/mol. The quantitative estimate of drug-likeness (QED) is 0.111. The summed E-state index contributed by atoms with van der Waals surface area (Å²) in [7, 11) is 0. The fourth-order valence-electron chi connectivity index (χ4n) is 12.2. The minimum atomic E-state index is 0.597. The second-order valence-corrected chi connectivity index (χ2v) is 21.3. The van der Waals surface area contributed by atoms with E-state index in [-0.39, 0.29) is 0 Å². The predicted molar refractivity (Wildman–Crippen MR) is 331 cm³/mol. The van der Waals surface area contributed by atoms with E-state index in [4.69, 9.17) is 59.8 Å². The lowest BCUT2D eigenvalue weighted by Gasteiger charge is -2.10. The summed E-state index contributed by atoms with van der Waals surface area (Å²) in [6.45, 7) is 8.65. The molecule has 0 spiro atoms. The molecule has 0 saturated heterocycles. The van der Waals surface area contributed by atoms with E-state index in [9.17, 15) is 0 Å². The standard InChI is InChI=1S/C36H26N8.C32H18N8/c1-17-18(2)20(4)28-27(19(17)3)35-42-33-25-15-9-7-13-23(25)31(40-33)38-29-21-11-5-6-12-22(21)30(37-29)39-32-24-14-8-10-16-26(24)34(41-32)43-36(28)44-35;1-2-10-18-17(9-1)25-33-26(18)38-28-21-13-5-6-14-22(21)30(35-28)40-32-24-16-8-7-15-23(24)31(36-32)39-29-20-12-4-3-11-19(20)27(34-29)37-25/h5-16H,1-4H3,(H2,37,38,39,40,41,42,43,44);1-16H,(H2,33,34,35,36,37,38,39,40). The first-order valence-corrected chi connectivity index (χ1v) is 27.7. The molecular formula is C68H44N16. The van der Waals surface area contributed by atoms with E-state index in [1.54, 1.807) is 0 Å². The number of aromatic nitrogens is 16. The second-order valence-electron chi connectivity index (χ2n) is 21.3. The Hall–Kier alpha value is -11.5. The van der Waals surface area contributed by atoms with E-state index >= 15 is 0 Å². The molecule has 0 fully saturated rings. The van der Waals surface area contributed by atoms with Crippen LogP contribution < -0.4 is 0 Å². The van der Waals surface area contributed by atoms with Crippen LogP contribution in [0.5, 0.6) is 0 Å². The molecule has 4 aliphatic heterocycles. The minimum absolute atomic E-state index is 0.597. The molecule has 4 aliphatic rings. The van der Waals surface area contributed by atoms with Crippen molar-refractivity contribution in [3.8, 4) is 91.1 Å². The number of aryl methyl sites for hydroxylation is 2. The normalized spacial score (nSPS) is 12.0. The van der Waals surface area contributed by atoms with Crippen molar-refractivity contribution in [3.63, 3.8) is 0 Å². The summed E-state index contributed by atoms with van der Waals surface area (Å²) in [4.78, 5) is 74.3. The molecule has 6 aromatic heterocycles. The molecule has 16 nitrogen and oxygen atoms in total. The molecule has 4 N–H and O–H groups in total. The average molecular weight is 1090 g/mol. The van der Waals surface area contributed by atoms with E-state index < -0.39 is 0 Å².